The van der Waals surface area contributed by atoms with Gasteiger partial charge in [-0.2, -0.15) is 0 Å². The molecule has 6 heteroatoms. The van der Waals surface area contributed by atoms with Gasteiger partial charge in [0.15, 0.2) is 0 Å². The van der Waals surface area contributed by atoms with Crippen molar-refractivity contribution in [2.45, 2.75) is 12.8 Å². The van der Waals surface area contributed by atoms with Gasteiger partial charge in [0.2, 0.25) is 0 Å². The minimum Gasteiger partial charge on any atom is -0.496 e. The first-order valence-electron chi connectivity index (χ1n) is 5.83. The van der Waals surface area contributed by atoms with E-state index in [0.717, 1.165) is 36.6 Å². The zero-order valence-corrected chi connectivity index (χ0v) is 11.9. The Morgan fingerprint density at radius 3 is 2.72 bits per heavy atom. The molecule has 0 unspecified atom stereocenters. The zero-order chi connectivity index (χ0) is 13.1. The smallest absolute Gasteiger partial charge is 0.264 e. The fourth-order valence-electron chi connectivity index (χ4n) is 2.06. The number of rotatable bonds is 3. The fraction of sp³-hybridized carbons (Fsp3) is 0.500. The third-order valence-electron chi connectivity index (χ3n) is 3.21. The van der Waals surface area contributed by atoms with E-state index < -0.39 is 0 Å². The van der Waals surface area contributed by atoms with Gasteiger partial charge in [-0.3, -0.25) is 4.79 Å². The minimum atomic E-state index is 0.0738. The summed E-state index contributed by atoms with van der Waals surface area (Å²) >= 11 is 6.41. The Balaban J connectivity index is 1.97. The lowest BCUT2D eigenvalue weighted by molar-refractivity contribution is 0.0715. The van der Waals surface area contributed by atoms with Crippen molar-refractivity contribution in [1.29, 1.82) is 0 Å². The van der Waals surface area contributed by atoms with Crippen LogP contribution in [0.25, 0.3) is 0 Å². The molecule has 0 radical (unpaired) electrons. The molecule has 0 bridgehead atoms. The molecule has 1 aliphatic rings. The van der Waals surface area contributed by atoms with E-state index >= 15 is 0 Å². The summed E-state index contributed by atoms with van der Waals surface area (Å²) in [6.45, 7) is 1.45. The maximum Gasteiger partial charge on any atom is 0.264 e. The molecule has 18 heavy (non-hydrogen) atoms. The maximum atomic E-state index is 12.2. The van der Waals surface area contributed by atoms with E-state index in [9.17, 15) is 4.79 Å². The van der Waals surface area contributed by atoms with Gasteiger partial charge in [-0.15, -0.1) is 11.3 Å². The number of hydrogen-bond acceptors (Lipinski definition) is 4. The quantitative estimate of drug-likeness (QED) is 0.861. The second-order valence-corrected chi connectivity index (χ2v) is 5.70. The molecular formula is C12H16N2O2S2. The van der Waals surface area contributed by atoms with Gasteiger partial charge in [0, 0.05) is 30.5 Å². The standard InChI is InChI=1S/C12H16N2O2S2/c1-16-9-6-10(18-7-9)12(15)14-4-2-8(3-5-14)11(13)17/h6-8H,2-5H2,1H3,(H2,13,17). The van der Waals surface area contributed by atoms with Gasteiger partial charge in [-0.1, -0.05) is 12.2 Å². The molecule has 0 spiro atoms. The van der Waals surface area contributed by atoms with Crippen LogP contribution in [0, 0.1) is 5.92 Å². The molecule has 1 amide bonds. The summed E-state index contributed by atoms with van der Waals surface area (Å²) in [7, 11) is 1.60. The Morgan fingerprint density at radius 2 is 2.22 bits per heavy atom. The first kappa shape index (κ1) is 13.3. The van der Waals surface area contributed by atoms with Crippen LogP contribution in [0.2, 0.25) is 0 Å². The normalized spacial score (nSPS) is 16.6. The highest BCUT2D eigenvalue weighted by Crippen LogP contribution is 2.25. The van der Waals surface area contributed by atoms with Crippen LogP contribution in [0.1, 0.15) is 22.5 Å². The molecule has 1 fully saturated rings. The van der Waals surface area contributed by atoms with Crippen molar-refractivity contribution < 1.29 is 9.53 Å². The summed E-state index contributed by atoms with van der Waals surface area (Å²) in [5, 5.41) is 1.84. The summed E-state index contributed by atoms with van der Waals surface area (Å²) < 4.78 is 5.09. The van der Waals surface area contributed by atoms with E-state index in [0.29, 0.717) is 4.99 Å². The highest BCUT2D eigenvalue weighted by molar-refractivity contribution is 7.80. The van der Waals surface area contributed by atoms with Gasteiger partial charge >= 0.3 is 0 Å². The second-order valence-electron chi connectivity index (χ2n) is 4.32. The number of ether oxygens (including phenoxy) is 1. The molecule has 4 nitrogen and oxygen atoms in total. The molecule has 0 atom stereocenters. The SMILES string of the molecule is COc1csc(C(=O)N2CCC(C(N)=S)CC2)c1. The lowest BCUT2D eigenvalue weighted by Crippen LogP contribution is -2.41. The molecule has 1 aromatic rings. The van der Waals surface area contributed by atoms with Crippen LogP contribution in [0.4, 0.5) is 0 Å². The summed E-state index contributed by atoms with van der Waals surface area (Å²) in [5.74, 6) is 1.09. The molecule has 1 saturated heterocycles. The number of likely N-dealkylation sites (tertiary alicyclic amines) is 1. The second kappa shape index (κ2) is 5.67. The average molecular weight is 284 g/mol. The summed E-state index contributed by atoms with van der Waals surface area (Å²) in [6.07, 6.45) is 1.73. The molecular weight excluding hydrogens is 268 g/mol. The van der Waals surface area contributed by atoms with Gasteiger partial charge in [-0.25, -0.2) is 0 Å². The number of nitrogens with zero attached hydrogens (tertiary/aromatic N) is 1. The largest absolute Gasteiger partial charge is 0.496 e. The van der Waals surface area contributed by atoms with Crippen molar-refractivity contribution in [3.63, 3.8) is 0 Å². The number of piperidine rings is 1. The topological polar surface area (TPSA) is 55.6 Å². The zero-order valence-electron chi connectivity index (χ0n) is 10.2. The number of hydrogen-bond donors (Lipinski definition) is 1. The number of thiocarbonyl (C=S) groups is 1. The van der Waals surface area contributed by atoms with Crippen molar-refractivity contribution in [1.82, 2.24) is 4.90 Å². The third kappa shape index (κ3) is 2.81. The van der Waals surface area contributed by atoms with E-state index in [2.05, 4.69) is 0 Å². The Kier molecular flexibility index (Phi) is 4.19. The van der Waals surface area contributed by atoms with Gasteiger partial charge < -0.3 is 15.4 Å². The number of carbonyl (C=O) groups is 1. The lowest BCUT2D eigenvalue weighted by atomic mass is 9.97. The number of carbonyl (C=O) groups excluding carboxylic acids is 1. The maximum absolute atomic E-state index is 12.2. The highest BCUT2D eigenvalue weighted by Gasteiger charge is 2.25. The van der Waals surface area contributed by atoms with Crippen LogP contribution in [-0.2, 0) is 0 Å². The number of methoxy groups -OCH3 is 1. The molecule has 98 valence electrons. The van der Waals surface area contributed by atoms with Crippen LogP contribution in [0.3, 0.4) is 0 Å². The summed E-state index contributed by atoms with van der Waals surface area (Å²) in [5.41, 5.74) is 5.63. The summed E-state index contributed by atoms with van der Waals surface area (Å²) in [4.78, 5) is 15.4. The first-order chi connectivity index (χ1) is 8.61. The van der Waals surface area contributed by atoms with Crippen LogP contribution >= 0.6 is 23.6 Å². The van der Waals surface area contributed by atoms with Crippen LogP contribution in [-0.4, -0.2) is 36.0 Å². The average Bonchev–Trinajstić information content (AvgIpc) is 2.86. The van der Waals surface area contributed by atoms with Crippen LogP contribution < -0.4 is 10.5 Å². The van der Waals surface area contributed by atoms with Gasteiger partial charge in [0.05, 0.1) is 17.0 Å². The molecule has 0 aromatic carbocycles. The Labute approximate surface area is 116 Å². The Morgan fingerprint density at radius 1 is 1.56 bits per heavy atom. The van der Waals surface area contributed by atoms with Crippen molar-refractivity contribution in [2.24, 2.45) is 11.7 Å². The monoisotopic (exact) mass is 284 g/mol. The molecule has 0 aliphatic carbocycles. The van der Waals surface area contributed by atoms with Crippen molar-refractivity contribution >= 4 is 34.5 Å². The number of thiophene rings is 1. The molecule has 0 saturated carbocycles. The van der Waals surface area contributed by atoms with E-state index in [4.69, 9.17) is 22.7 Å². The molecule has 2 rings (SSSR count). The van der Waals surface area contributed by atoms with Gasteiger partial charge in [0.1, 0.15) is 5.75 Å². The highest BCUT2D eigenvalue weighted by atomic mass is 32.1. The first-order valence-corrected chi connectivity index (χ1v) is 7.11. The molecule has 2 N–H and O–H groups in total. The van der Waals surface area contributed by atoms with Crippen molar-refractivity contribution in [3.05, 3.63) is 16.3 Å². The molecule has 2 heterocycles. The minimum absolute atomic E-state index is 0.0738. The predicted octanol–water partition coefficient (Wildman–Crippen LogP) is 1.90. The van der Waals surface area contributed by atoms with Crippen LogP contribution in [0.5, 0.6) is 5.75 Å². The lowest BCUT2D eigenvalue weighted by Gasteiger charge is -2.31. The van der Waals surface area contributed by atoms with E-state index in [1.807, 2.05) is 10.3 Å². The van der Waals surface area contributed by atoms with Crippen molar-refractivity contribution in [3.8, 4) is 5.75 Å². The van der Waals surface area contributed by atoms with E-state index in [-0.39, 0.29) is 11.8 Å². The van der Waals surface area contributed by atoms with Crippen molar-refractivity contribution in [2.75, 3.05) is 20.2 Å². The van der Waals surface area contributed by atoms with E-state index in [1.165, 1.54) is 11.3 Å². The Bertz CT molecular complexity index is 451. The number of nitrogens with two attached hydrogens (primary N) is 1. The molecule has 1 aliphatic heterocycles. The third-order valence-corrected chi connectivity index (χ3v) is 4.44. The van der Waals surface area contributed by atoms with Gasteiger partial charge in [0.25, 0.3) is 5.91 Å². The number of amides is 1. The van der Waals surface area contributed by atoms with Gasteiger partial charge in [-0.05, 0) is 12.8 Å². The van der Waals surface area contributed by atoms with Crippen LogP contribution in [0.15, 0.2) is 11.4 Å². The Hall–Kier alpha value is -1.14. The summed E-state index contributed by atoms with van der Waals surface area (Å²) in [6, 6.07) is 1.78. The molecule has 1 aromatic heterocycles. The van der Waals surface area contributed by atoms with E-state index in [1.54, 1.807) is 13.2 Å². The fourth-order valence-corrected chi connectivity index (χ4v) is 3.12. The predicted molar refractivity (Wildman–Crippen MR) is 76.3 cm³/mol.